The van der Waals surface area contributed by atoms with Crippen LogP contribution in [0, 0.1) is 6.92 Å². The molecule has 0 spiro atoms. The molecule has 2 aromatic rings. The van der Waals surface area contributed by atoms with Gasteiger partial charge in [-0.3, -0.25) is 4.79 Å². The number of hydrogen-bond acceptors (Lipinski definition) is 6. The summed E-state index contributed by atoms with van der Waals surface area (Å²) in [5.41, 5.74) is 7.98. The van der Waals surface area contributed by atoms with Crippen molar-refractivity contribution in [2.24, 2.45) is 5.14 Å². The second-order valence-electron chi connectivity index (χ2n) is 6.31. The minimum Gasteiger partial charge on any atom is -0.449 e. The van der Waals surface area contributed by atoms with Crippen LogP contribution in [0.5, 0.6) is 0 Å². The molecule has 0 aliphatic carbocycles. The Morgan fingerprint density at radius 1 is 1.14 bits per heavy atom. The summed E-state index contributed by atoms with van der Waals surface area (Å²) in [4.78, 5) is 24.3. The number of ether oxygens (including phenoxy) is 1. The zero-order chi connectivity index (χ0) is 20.9. The normalized spacial score (nSPS) is 12.2. The Bertz CT molecular complexity index is 972. The Kier molecular flexibility index (Phi) is 6.76. The van der Waals surface area contributed by atoms with Gasteiger partial charge < -0.3 is 15.8 Å². The van der Waals surface area contributed by atoms with Crippen molar-refractivity contribution in [2.75, 3.05) is 12.3 Å². The molecule has 2 aromatic carbocycles. The Morgan fingerprint density at radius 2 is 1.79 bits per heavy atom. The van der Waals surface area contributed by atoms with Crippen molar-refractivity contribution in [3.05, 3.63) is 59.2 Å². The molecule has 150 valence electrons. The molecule has 0 aliphatic heterocycles. The zero-order valence-corrected chi connectivity index (χ0v) is 16.5. The first kappa shape index (κ1) is 21.4. The number of nitrogen functional groups attached to an aromatic ring is 1. The minimum absolute atomic E-state index is 0.0243. The number of sulfonamides is 1. The van der Waals surface area contributed by atoms with Gasteiger partial charge in [-0.15, -0.1) is 0 Å². The van der Waals surface area contributed by atoms with Gasteiger partial charge in [0.05, 0.1) is 10.5 Å². The number of carbonyl (C=O) groups excluding carboxylic acids is 2. The highest BCUT2D eigenvalue weighted by atomic mass is 32.2. The fourth-order valence-corrected chi connectivity index (χ4v) is 2.97. The number of aryl methyl sites for hydroxylation is 1. The topological polar surface area (TPSA) is 142 Å². The monoisotopic (exact) mass is 405 g/mol. The summed E-state index contributed by atoms with van der Waals surface area (Å²) in [6.45, 7) is 3.54. The third-order valence-corrected chi connectivity index (χ3v) is 5.09. The van der Waals surface area contributed by atoms with E-state index in [0.29, 0.717) is 18.7 Å². The summed E-state index contributed by atoms with van der Waals surface area (Å²) < 4.78 is 27.6. The van der Waals surface area contributed by atoms with Crippen LogP contribution < -0.4 is 16.2 Å². The molecule has 9 heteroatoms. The highest BCUT2D eigenvalue weighted by molar-refractivity contribution is 7.89. The van der Waals surface area contributed by atoms with Crippen LogP contribution in [0.25, 0.3) is 0 Å². The van der Waals surface area contributed by atoms with E-state index < -0.39 is 28.0 Å². The molecule has 0 unspecified atom stereocenters. The number of anilines is 1. The van der Waals surface area contributed by atoms with E-state index in [-0.39, 0.29) is 10.5 Å². The van der Waals surface area contributed by atoms with Gasteiger partial charge in [0.25, 0.3) is 5.91 Å². The van der Waals surface area contributed by atoms with E-state index >= 15 is 0 Å². The van der Waals surface area contributed by atoms with Gasteiger partial charge in [-0.05, 0) is 49.6 Å². The van der Waals surface area contributed by atoms with Crippen molar-refractivity contribution in [3.8, 4) is 0 Å². The lowest BCUT2D eigenvalue weighted by Gasteiger charge is -2.15. The molecule has 0 heterocycles. The third-order valence-electron chi connectivity index (χ3n) is 4.16. The molecule has 0 saturated carbocycles. The minimum atomic E-state index is -3.73. The van der Waals surface area contributed by atoms with Gasteiger partial charge in [0.15, 0.2) is 6.10 Å². The molecular weight excluding hydrogens is 382 g/mol. The van der Waals surface area contributed by atoms with Gasteiger partial charge in [0.1, 0.15) is 0 Å². The molecule has 0 aliphatic rings. The van der Waals surface area contributed by atoms with Crippen LogP contribution in [0.1, 0.15) is 28.4 Å². The molecule has 0 saturated heterocycles. The lowest BCUT2D eigenvalue weighted by atomic mass is 10.1. The molecular formula is C19H23N3O5S. The maximum atomic E-state index is 12.2. The van der Waals surface area contributed by atoms with Crippen LogP contribution in [0.3, 0.4) is 0 Å². The van der Waals surface area contributed by atoms with Crippen molar-refractivity contribution < 1.29 is 22.7 Å². The zero-order valence-electron chi connectivity index (χ0n) is 15.6. The first-order valence-electron chi connectivity index (χ1n) is 8.55. The summed E-state index contributed by atoms with van der Waals surface area (Å²) in [7, 11) is -3.73. The summed E-state index contributed by atoms with van der Waals surface area (Å²) >= 11 is 0. The van der Waals surface area contributed by atoms with Crippen LogP contribution in [-0.2, 0) is 26.0 Å². The van der Waals surface area contributed by atoms with E-state index in [1.165, 1.54) is 19.1 Å². The van der Waals surface area contributed by atoms with E-state index in [9.17, 15) is 18.0 Å². The van der Waals surface area contributed by atoms with Crippen LogP contribution >= 0.6 is 0 Å². The van der Waals surface area contributed by atoms with E-state index in [1.807, 2.05) is 0 Å². The highest BCUT2D eigenvalue weighted by Gasteiger charge is 2.20. The second-order valence-corrected chi connectivity index (χ2v) is 7.88. The molecule has 0 fully saturated rings. The summed E-state index contributed by atoms with van der Waals surface area (Å²) in [6, 6.07) is 11.1. The number of hydrogen-bond donors (Lipinski definition) is 3. The largest absolute Gasteiger partial charge is 0.449 e. The highest BCUT2D eigenvalue weighted by Crippen LogP contribution is 2.18. The van der Waals surface area contributed by atoms with Gasteiger partial charge in [0.2, 0.25) is 10.0 Å². The maximum absolute atomic E-state index is 12.2. The van der Waals surface area contributed by atoms with Crippen molar-refractivity contribution in [3.63, 3.8) is 0 Å². The average molecular weight is 405 g/mol. The standard InChI is InChI=1S/C19H23N3O5S/c1-12-4-3-5-16(17(12)20)19(24)27-13(2)18(23)22-11-10-14-6-8-15(9-7-14)28(21,25)26/h3-9,13H,10-11,20H2,1-2H3,(H,22,23)(H2,21,25,26)/t13-/m0/s1. The van der Waals surface area contributed by atoms with E-state index in [0.717, 1.165) is 11.1 Å². The molecule has 1 atom stereocenters. The van der Waals surface area contributed by atoms with Gasteiger partial charge in [-0.1, -0.05) is 24.3 Å². The van der Waals surface area contributed by atoms with E-state index in [2.05, 4.69) is 5.32 Å². The smallest absolute Gasteiger partial charge is 0.341 e. The summed E-state index contributed by atoms with van der Waals surface area (Å²) in [5.74, 6) is -1.11. The number of carbonyl (C=O) groups is 2. The summed E-state index contributed by atoms with van der Waals surface area (Å²) in [5, 5.41) is 7.71. The molecule has 0 radical (unpaired) electrons. The van der Waals surface area contributed by atoms with E-state index in [1.54, 1.807) is 37.3 Å². The Morgan fingerprint density at radius 3 is 2.39 bits per heavy atom. The number of para-hydroxylation sites is 1. The van der Waals surface area contributed by atoms with Gasteiger partial charge in [-0.25, -0.2) is 18.4 Å². The number of benzene rings is 2. The van der Waals surface area contributed by atoms with Crippen LogP contribution in [-0.4, -0.2) is 32.9 Å². The predicted molar refractivity (Wildman–Crippen MR) is 105 cm³/mol. The van der Waals surface area contributed by atoms with Gasteiger partial charge in [0, 0.05) is 12.2 Å². The summed E-state index contributed by atoms with van der Waals surface area (Å²) in [6.07, 6.45) is -0.514. The fourth-order valence-electron chi connectivity index (χ4n) is 2.46. The van der Waals surface area contributed by atoms with Crippen LogP contribution in [0.2, 0.25) is 0 Å². The lowest BCUT2D eigenvalue weighted by Crippen LogP contribution is -2.37. The Balaban J connectivity index is 1.85. The molecule has 0 bridgehead atoms. The SMILES string of the molecule is Cc1cccc(C(=O)O[C@@H](C)C(=O)NCCc2ccc(S(N)(=O)=O)cc2)c1N. The fraction of sp³-hybridized carbons (Fsp3) is 0.263. The quantitative estimate of drug-likeness (QED) is 0.466. The Labute approximate surface area is 163 Å². The first-order valence-corrected chi connectivity index (χ1v) is 10.1. The molecule has 0 aromatic heterocycles. The number of esters is 1. The maximum Gasteiger partial charge on any atom is 0.341 e. The number of primary sulfonamides is 1. The molecule has 1 amide bonds. The number of nitrogens with one attached hydrogen (secondary N) is 1. The molecule has 2 rings (SSSR count). The van der Waals surface area contributed by atoms with Crippen molar-refractivity contribution in [2.45, 2.75) is 31.3 Å². The molecule has 5 N–H and O–H groups in total. The number of nitrogens with two attached hydrogens (primary N) is 2. The van der Waals surface area contributed by atoms with Crippen molar-refractivity contribution in [1.82, 2.24) is 5.32 Å². The van der Waals surface area contributed by atoms with Crippen molar-refractivity contribution >= 4 is 27.6 Å². The van der Waals surface area contributed by atoms with Crippen LogP contribution in [0.15, 0.2) is 47.4 Å². The Hall–Kier alpha value is -2.91. The van der Waals surface area contributed by atoms with Crippen molar-refractivity contribution in [1.29, 1.82) is 0 Å². The predicted octanol–water partition coefficient (Wildman–Crippen LogP) is 1.13. The molecule has 28 heavy (non-hydrogen) atoms. The second kappa shape index (κ2) is 8.85. The van der Waals surface area contributed by atoms with Gasteiger partial charge in [-0.2, -0.15) is 0 Å². The molecule has 8 nitrogen and oxygen atoms in total. The average Bonchev–Trinajstić information content (AvgIpc) is 2.63. The lowest BCUT2D eigenvalue weighted by molar-refractivity contribution is -0.129. The first-order chi connectivity index (χ1) is 13.1. The van der Waals surface area contributed by atoms with E-state index in [4.69, 9.17) is 15.6 Å². The number of amides is 1. The number of rotatable bonds is 7. The third kappa shape index (κ3) is 5.54. The van der Waals surface area contributed by atoms with Crippen LogP contribution in [0.4, 0.5) is 5.69 Å². The van der Waals surface area contributed by atoms with Gasteiger partial charge >= 0.3 is 5.97 Å².